The molecule has 2 aromatic carbocycles. The highest BCUT2D eigenvalue weighted by atomic mass is 32.2. The van der Waals surface area contributed by atoms with Crippen LogP contribution in [-0.4, -0.2) is 21.4 Å². The molecule has 3 rings (SSSR count). The van der Waals surface area contributed by atoms with E-state index in [9.17, 15) is 18.5 Å². The summed E-state index contributed by atoms with van der Waals surface area (Å²) < 4.78 is 33.5. The molecule has 0 aliphatic carbocycles. The quantitative estimate of drug-likeness (QED) is 0.462. The second kappa shape index (κ2) is 8.65. The van der Waals surface area contributed by atoms with Crippen molar-refractivity contribution in [2.24, 2.45) is 5.14 Å². The summed E-state index contributed by atoms with van der Waals surface area (Å²) >= 11 is 0. The predicted molar refractivity (Wildman–Crippen MR) is 111 cm³/mol. The Morgan fingerprint density at radius 1 is 1.13 bits per heavy atom. The number of nitriles is 1. The number of para-hydroxylation sites is 2. The molecule has 0 aliphatic rings. The lowest BCUT2D eigenvalue weighted by Crippen LogP contribution is -2.14. The Bertz CT molecular complexity index is 1250. The zero-order chi connectivity index (χ0) is 21.7. The molecule has 152 valence electrons. The number of methoxy groups -OCH3 is 1. The first-order valence-electron chi connectivity index (χ1n) is 8.61. The first-order chi connectivity index (χ1) is 14.3. The molecule has 1 aromatic heterocycles. The van der Waals surface area contributed by atoms with Gasteiger partial charge < -0.3 is 14.5 Å². The fraction of sp³-hybridized carbons (Fsp3) is 0.0476. The van der Waals surface area contributed by atoms with Gasteiger partial charge in [-0.2, -0.15) is 5.26 Å². The summed E-state index contributed by atoms with van der Waals surface area (Å²) in [6.07, 6.45) is 1.31. The number of hydrogen-bond acceptors (Lipinski definition) is 6. The lowest BCUT2D eigenvalue weighted by atomic mass is 10.2. The number of nitrogens with one attached hydrogen (secondary N) is 1. The third-order valence-electron chi connectivity index (χ3n) is 4.10. The van der Waals surface area contributed by atoms with Gasteiger partial charge in [0.05, 0.1) is 17.7 Å². The molecule has 0 spiro atoms. The van der Waals surface area contributed by atoms with Gasteiger partial charge in [-0.3, -0.25) is 4.79 Å². The Hall–Kier alpha value is -3.87. The van der Waals surface area contributed by atoms with Crippen molar-refractivity contribution >= 4 is 27.7 Å². The second-order valence-corrected chi connectivity index (χ2v) is 7.66. The van der Waals surface area contributed by atoms with Crippen LogP contribution in [0.3, 0.4) is 0 Å². The summed E-state index contributed by atoms with van der Waals surface area (Å²) in [6.45, 7) is 0. The number of primary sulfonamides is 1. The van der Waals surface area contributed by atoms with Crippen molar-refractivity contribution in [3.63, 3.8) is 0 Å². The molecule has 1 heterocycles. The van der Waals surface area contributed by atoms with Crippen LogP contribution in [-0.2, 0) is 14.8 Å². The van der Waals surface area contributed by atoms with E-state index in [2.05, 4.69) is 5.32 Å². The molecule has 0 radical (unpaired) electrons. The van der Waals surface area contributed by atoms with E-state index in [0.29, 0.717) is 22.8 Å². The topological polar surface area (TPSA) is 135 Å². The van der Waals surface area contributed by atoms with Crippen molar-refractivity contribution in [2.75, 3.05) is 12.4 Å². The van der Waals surface area contributed by atoms with Crippen molar-refractivity contribution in [2.45, 2.75) is 4.90 Å². The summed E-state index contributed by atoms with van der Waals surface area (Å²) in [6, 6.07) is 17.7. The minimum atomic E-state index is -3.79. The summed E-state index contributed by atoms with van der Waals surface area (Å²) in [5.74, 6) is 0.570. The van der Waals surface area contributed by atoms with Crippen LogP contribution in [0.4, 0.5) is 5.69 Å². The molecule has 3 aromatic rings. The van der Waals surface area contributed by atoms with E-state index in [1.165, 1.54) is 25.3 Å². The van der Waals surface area contributed by atoms with Crippen LogP contribution in [0, 0.1) is 11.3 Å². The summed E-state index contributed by atoms with van der Waals surface area (Å²) in [5, 5.41) is 17.1. The van der Waals surface area contributed by atoms with Crippen LogP contribution in [0.25, 0.3) is 17.4 Å². The highest BCUT2D eigenvalue weighted by Crippen LogP contribution is 2.26. The normalized spacial score (nSPS) is 11.6. The monoisotopic (exact) mass is 423 g/mol. The van der Waals surface area contributed by atoms with E-state index in [4.69, 9.17) is 14.3 Å². The Morgan fingerprint density at radius 2 is 1.83 bits per heavy atom. The molecule has 1 amide bonds. The largest absolute Gasteiger partial charge is 0.495 e. The number of benzene rings is 2. The Morgan fingerprint density at radius 3 is 2.47 bits per heavy atom. The number of rotatable bonds is 6. The molecular weight excluding hydrogens is 406 g/mol. The molecule has 0 aliphatic heterocycles. The van der Waals surface area contributed by atoms with E-state index in [-0.39, 0.29) is 16.2 Å². The number of amides is 1. The summed E-state index contributed by atoms with van der Waals surface area (Å²) in [5.41, 5.74) is 0.881. The number of furan rings is 1. The van der Waals surface area contributed by atoms with E-state index in [1.807, 2.05) is 6.07 Å². The van der Waals surface area contributed by atoms with Gasteiger partial charge in [-0.1, -0.05) is 12.1 Å². The summed E-state index contributed by atoms with van der Waals surface area (Å²) in [4.78, 5) is 12.4. The van der Waals surface area contributed by atoms with Gasteiger partial charge in [0.1, 0.15) is 28.9 Å². The second-order valence-electron chi connectivity index (χ2n) is 6.10. The number of sulfonamides is 1. The van der Waals surface area contributed by atoms with Crippen molar-refractivity contribution in [3.05, 3.63) is 72.0 Å². The Labute approximate surface area is 173 Å². The molecule has 30 heavy (non-hydrogen) atoms. The molecule has 0 atom stereocenters. The van der Waals surface area contributed by atoms with Gasteiger partial charge >= 0.3 is 0 Å². The molecule has 0 saturated heterocycles. The molecule has 0 fully saturated rings. The molecule has 0 saturated carbocycles. The highest BCUT2D eigenvalue weighted by molar-refractivity contribution is 7.89. The minimum absolute atomic E-state index is 0.0160. The van der Waals surface area contributed by atoms with Gasteiger partial charge in [0.25, 0.3) is 5.91 Å². The maximum atomic E-state index is 12.5. The molecule has 3 N–H and O–H groups in total. The lowest BCUT2D eigenvalue weighted by Gasteiger charge is -2.08. The zero-order valence-electron chi connectivity index (χ0n) is 15.8. The Kier molecular flexibility index (Phi) is 6.01. The smallest absolute Gasteiger partial charge is 0.266 e. The third-order valence-corrected chi connectivity index (χ3v) is 5.03. The summed E-state index contributed by atoms with van der Waals surface area (Å²) in [7, 11) is -2.31. The number of hydrogen-bond donors (Lipinski definition) is 2. The van der Waals surface area contributed by atoms with Gasteiger partial charge in [-0.15, -0.1) is 0 Å². The standard InChI is InChI=1S/C21H17N3O5S/c1-28-20-5-3-2-4-18(20)24-21(25)15(13-22)12-16-8-11-19(29-16)14-6-9-17(10-7-14)30(23,26)27/h2-12H,1H3,(H,24,25)(H2,23,26,27)/b15-12+. The highest BCUT2D eigenvalue weighted by Gasteiger charge is 2.14. The number of carbonyl (C=O) groups is 1. The molecule has 8 nitrogen and oxygen atoms in total. The van der Waals surface area contributed by atoms with Crippen molar-refractivity contribution in [1.82, 2.24) is 0 Å². The first-order valence-corrected chi connectivity index (χ1v) is 10.2. The zero-order valence-corrected chi connectivity index (χ0v) is 16.6. The van der Waals surface area contributed by atoms with Crippen molar-refractivity contribution in [1.29, 1.82) is 5.26 Å². The third kappa shape index (κ3) is 4.75. The fourth-order valence-electron chi connectivity index (χ4n) is 2.62. The number of anilines is 1. The van der Waals surface area contributed by atoms with Crippen LogP contribution < -0.4 is 15.2 Å². The maximum Gasteiger partial charge on any atom is 0.266 e. The number of ether oxygens (including phenoxy) is 1. The van der Waals surface area contributed by atoms with Gasteiger partial charge in [0.15, 0.2) is 0 Å². The van der Waals surface area contributed by atoms with Crippen molar-refractivity contribution in [3.8, 4) is 23.1 Å². The van der Waals surface area contributed by atoms with Crippen LogP contribution in [0.5, 0.6) is 5.75 Å². The van der Waals surface area contributed by atoms with Gasteiger partial charge in [0.2, 0.25) is 10.0 Å². The van der Waals surface area contributed by atoms with Gasteiger partial charge in [-0.05, 0) is 48.5 Å². The molecule has 0 unspecified atom stereocenters. The van der Waals surface area contributed by atoms with Crippen LogP contribution in [0.2, 0.25) is 0 Å². The fourth-order valence-corrected chi connectivity index (χ4v) is 3.14. The Balaban J connectivity index is 1.81. The molecular formula is C21H17N3O5S. The van der Waals surface area contributed by atoms with E-state index in [0.717, 1.165) is 0 Å². The van der Waals surface area contributed by atoms with E-state index < -0.39 is 15.9 Å². The van der Waals surface area contributed by atoms with E-state index in [1.54, 1.807) is 48.5 Å². The predicted octanol–water partition coefficient (Wildman–Crippen LogP) is 3.15. The minimum Gasteiger partial charge on any atom is -0.495 e. The van der Waals surface area contributed by atoms with Gasteiger partial charge in [-0.25, -0.2) is 13.6 Å². The molecule has 0 bridgehead atoms. The van der Waals surface area contributed by atoms with Crippen LogP contribution in [0.1, 0.15) is 5.76 Å². The average molecular weight is 423 g/mol. The first kappa shape index (κ1) is 20.9. The maximum absolute atomic E-state index is 12.5. The number of nitrogens with two attached hydrogens (primary N) is 1. The average Bonchev–Trinajstić information content (AvgIpc) is 3.20. The van der Waals surface area contributed by atoms with E-state index >= 15 is 0 Å². The SMILES string of the molecule is COc1ccccc1NC(=O)/C(C#N)=C/c1ccc(-c2ccc(S(N)(=O)=O)cc2)o1. The number of carbonyl (C=O) groups excluding carboxylic acids is 1. The van der Waals surface area contributed by atoms with Crippen LogP contribution in [0.15, 0.2) is 75.5 Å². The number of nitrogens with zero attached hydrogens (tertiary/aromatic N) is 1. The molecule has 9 heteroatoms. The van der Waals surface area contributed by atoms with Gasteiger partial charge in [0, 0.05) is 11.6 Å². The van der Waals surface area contributed by atoms with Crippen molar-refractivity contribution < 1.29 is 22.4 Å². The van der Waals surface area contributed by atoms with Crippen LogP contribution >= 0.6 is 0 Å². The lowest BCUT2D eigenvalue weighted by molar-refractivity contribution is -0.112.